The van der Waals surface area contributed by atoms with Crippen LogP contribution in [0, 0.1) is 12.8 Å². The number of aliphatic hydroxyl groups is 1. The van der Waals surface area contributed by atoms with E-state index in [2.05, 4.69) is 20.6 Å². The number of hydrogen-bond acceptors (Lipinski definition) is 5. The lowest BCUT2D eigenvalue weighted by Crippen LogP contribution is -2.25. The van der Waals surface area contributed by atoms with Crippen LogP contribution in [0.1, 0.15) is 19.4 Å². The van der Waals surface area contributed by atoms with Crippen LogP contribution in [0.15, 0.2) is 6.33 Å². The highest BCUT2D eigenvalue weighted by atomic mass is 16.3. The van der Waals surface area contributed by atoms with Crippen molar-refractivity contribution in [3.8, 4) is 0 Å². The predicted octanol–water partition coefficient (Wildman–Crippen LogP) is 1.26. The molecule has 0 radical (unpaired) electrons. The molecule has 16 heavy (non-hydrogen) atoms. The van der Waals surface area contributed by atoms with Crippen LogP contribution in [0.4, 0.5) is 11.6 Å². The average Bonchev–Trinajstić information content (AvgIpc) is 2.27. The number of hydrogen-bond donors (Lipinski definition) is 3. The summed E-state index contributed by atoms with van der Waals surface area (Å²) < 4.78 is 0. The van der Waals surface area contributed by atoms with E-state index in [0.717, 1.165) is 17.2 Å². The molecule has 0 aromatic carbocycles. The fraction of sp³-hybridized carbons (Fsp3) is 0.636. The Balaban J connectivity index is 2.67. The van der Waals surface area contributed by atoms with Crippen LogP contribution in [0.5, 0.6) is 0 Å². The molecule has 0 fully saturated rings. The number of nitrogens with one attached hydrogen (secondary N) is 2. The predicted molar refractivity (Wildman–Crippen MR) is 65.7 cm³/mol. The van der Waals surface area contributed by atoms with Crippen molar-refractivity contribution in [1.29, 1.82) is 0 Å². The summed E-state index contributed by atoms with van der Waals surface area (Å²) in [5.74, 6) is 1.80. The first kappa shape index (κ1) is 12.7. The number of anilines is 2. The lowest BCUT2D eigenvalue weighted by atomic mass is 10.1. The van der Waals surface area contributed by atoms with Crippen molar-refractivity contribution in [3.05, 3.63) is 11.9 Å². The number of nitrogens with zero attached hydrogens (tertiary/aromatic N) is 2. The highest BCUT2D eigenvalue weighted by Gasteiger charge is 2.10. The summed E-state index contributed by atoms with van der Waals surface area (Å²) in [6.45, 7) is 6.41. The smallest absolute Gasteiger partial charge is 0.134 e. The van der Waals surface area contributed by atoms with Crippen molar-refractivity contribution in [2.75, 3.05) is 24.2 Å². The summed E-state index contributed by atoms with van der Waals surface area (Å²) in [5, 5.41) is 15.8. The summed E-state index contributed by atoms with van der Waals surface area (Å²) in [6.07, 6.45) is 1.13. The van der Waals surface area contributed by atoms with Gasteiger partial charge in [0.2, 0.25) is 0 Å². The van der Waals surface area contributed by atoms with E-state index in [-0.39, 0.29) is 12.0 Å². The van der Waals surface area contributed by atoms with Crippen LogP contribution in [0.2, 0.25) is 0 Å². The molecule has 0 bridgehead atoms. The van der Waals surface area contributed by atoms with Crippen LogP contribution < -0.4 is 10.6 Å². The standard InChI is InChI=1S/C11H20N4O/c1-7(2)9(16)5-13-11-8(3)10(12-4)14-6-15-11/h6-7,9,16H,5H2,1-4H3,(H2,12,13,14,15). The Morgan fingerprint density at radius 3 is 2.50 bits per heavy atom. The quantitative estimate of drug-likeness (QED) is 0.702. The van der Waals surface area contributed by atoms with Gasteiger partial charge < -0.3 is 15.7 Å². The monoisotopic (exact) mass is 224 g/mol. The molecule has 5 heteroatoms. The van der Waals surface area contributed by atoms with Crippen molar-refractivity contribution in [3.63, 3.8) is 0 Å². The minimum absolute atomic E-state index is 0.235. The third-order valence-corrected chi connectivity index (χ3v) is 2.57. The van der Waals surface area contributed by atoms with E-state index in [9.17, 15) is 5.11 Å². The molecular formula is C11H20N4O. The molecule has 1 atom stereocenters. The molecular weight excluding hydrogens is 204 g/mol. The van der Waals surface area contributed by atoms with Gasteiger partial charge in [0.15, 0.2) is 0 Å². The summed E-state index contributed by atoms with van der Waals surface area (Å²) in [6, 6.07) is 0. The zero-order chi connectivity index (χ0) is 12.1. The molecule has 1 heterocycles. The number of aliphatic hydroxyl groups excluding tert-OH is 1. The Morgan fingerprint density at radius 2 is 1.94 bits per heavy atom. The Hall–Kier alpha value is -1.36. The molecule has 0 saturated heterocycles. The van der Waals surface area contributed by atoms with Gasteiger partial charge in [0.25, 0.3) is 0 Å². The van der Waals surface area contributed by atoms with Gasteiger partial charge in [0.1, 0.15) is 18.0 Å². The van der Waals surface area contributed by atoms with Crippen LogP contribution in [-0.4, -0.2) is 34.8 Å². The number of rotatable bonds is 5. The summed E-state index contributed by atoms with van der Waals surface area (Å²) in [7, 11) is 1.82. The summed E-state index contributed by atoms with van der Waals surface area (Å²) >= 11 is 0. The minimum atomic E-state index is -0.368. The topological polar surface area (TPSA) is 70.1 Å². The van der Waals surface area contributed by atoms with E-state index in [0.29, 0.717) is 6.54 Å². The van der Waals surface area contributed by atoms with Gasteiger partial charge in [-0.25, -0.2) is 9.97 Å². The van der Waals surface area contributed by atoms with Crippen LogP contribution in [0.25, 0.3) is 0 Å². The van der Waals surface area contributed by atoms with Gasteiger partial charge in [-0.05, 0) is 12.8 Å². The lowest BCUT2D eigenvalue weighted by molar-refractivity contribution is 0.138. The molecule has 1 rings (SSSR count). The molecule has 90 valence electrons. The van der Waals surface area contributed by atoms with Gasteiger partial charge in [0.05, 0.1) is 6.10 Å². The van der Waals surface area contributed by atoms with Crippen molar-refractivity contribution >= 4 is 11.6 Å². The fourth-order valence-electron chi connectivity index (χ4n) is 1.32. The third-order valence-electron chi connectivity index (χ3n) is 2.57. The van der Waals surface area contributed by atoms with E-state index in [4.69, 9.17) is 0 Å². The lowest BCUT2D eigenvalue weighted by Gasteiger charge is -2.17. The molecule has 0 aliphatic heterocycles. The average molecular weight is 224 g/mol. The Labute approximate surface area is 96.3 Å². The maximum atomic E-state index is 9.68. The SMILES string of the molecule is CNc1ncnc(NCC(O)C(C)C)c1C. The van der Waals surface area contributed by atoms with Gasteiger partial charge in [-0.2, -0.15) is 0 Å². The zero-order valence-corrected chi connectivity index (χ0v) is 10.3. The first-order chi connectivity index (χ1) is 7.56. The molecule has 0 amide bonds. The van der Waals surface area contributed by atoms with Crippen LogP contribution >= 0.6 is 0 Å². The van der Waals surface area contributed by atoms with Crippen molar-refractivity contribution in [2.24, 2.45) is 5.92 Å². The van der Waals surface area contributed by atoms with Crippen molar-refractivity contribution in [2.45, 2.75) is 26.9 Å². The highest BCUT2D eigenvalue weighted by Crippen LogP contribution is 2.17. The molecule has 0 aliphatic carbocycles. The summed E-state index contributed by atoms with van der Waals surface area (Å²) in [5.41, 5.74) is 0.959. The minimum Gasteiger partial charge on any atom is -0.391 e. The first-order valence-corrected chi connectivity index (χ1v) is 5.47. The molecule has 3 N–H and O–H groups in total. The van der Waals surface area contributed by atoms with E-state index >= 15 is 0 Å². The normalized spacial score (nSPS) is 12.6. The Morgan fingerprint density at radius 1 is 1.31 bits per heavy atom. The molecule has 5 nitrogen and oxygen atoms in total. The van der Waals surface area contributed by atoms with E-state index in [1.54, 1.807) is 0 Å². The highest BCUT2D eigenvalue weighted by molar-refractivity contribution is 5.56. The molecule has 0 spiro atoms. The Kier molecular flexibility index (Phi) is 4.49. The van der Waals surface area contributed by atoms with E-state index in [1.165, 1.54) is 6.33 Å². The maximum Gasteiger partial charge on any atom is 0.134 e. The van der Waals surface area contributed by atoms with E-state index in [1.807, 2.05) is 27.8 Å². The second-order valence-electron chi connectivity index (χ2n) is 4.14. The van der Waals surface area contributed by atoms with E-state index < -0.39 is 0 Å². The second-order valence-corrected chi connectivity index (χ2v) is 4.14. The largest absolute Gasteiger partial charge is 0.391 e. The van der Waals surface area contributed by atoms with Crippen molar-refractivity contribution < 1.29 is 5.11 Å². The molecule has 1 unspecified atom stereocenters. The third kappa shape index (κ3) is 3.06. The molecule has 0 saturated carbocycles. The fourth-order valence-corrected chi connectivity index (χ4v) is 1.32. The summed E-state index contributed by atoms with van der Waals surface area (Å²) in [4.78, 5) is 8.24. The van der Waals surface area contributed by atoms with Gasteiger partial charge in [-0.3, -0.25) is 0 Å². The van der Waals surface area contributed by atoms with Gasteiger partial charge in [-0.1, -0.05) is 13.8 Å². The second kappa shape index (κ2) is 5.65. The molecule has 1 aromatic heterocycles. The first-order valence-electron chi connectivity index (χ1n) is 5.47. The Bertz CT molecular complexity index is 341. The maximum absolute atomic E-state index is 9.68. The molecule has 1 aromatic rings. The number of aromatic nitrogens is 2. The van der Waals surface area contributed by atoms with Crippen molar-refractivity contribution in [1.82, 2.24) is 9.97 Å². The van der Waals surface area contributed by atoms with Gasteiger partial charge in [0, 0.05) is 19.2 Å². The van der Waals surface area contributed by atoms with Crippen LogP contribution in [-0.2, 0) is 0 Å². The van der Waals surface area contributed by atoms with Gasteiger partial charge >= 0.3 is 0 Å². The zero-order valence-electron chi connectivity index (χ0n) is 10.3. The van der Waals surface area contributed by atoms with Gasteiger partial charge in [-0.15, -0.1) is 0 Å². The molecule has 0 aliphatic rings. The van der Waals surface area contributed by atoms with Crippen LogP contribution in [0.3, 0.4) is 0 Å².